The molecule has 0 amide bonds. The molecule has 0 atom stereocenters. The molecule has 1 rings (SSSR count). The lowest BCUT2D eigenvalue weighted by Gasteiger charge is -2.19. The molecule has 0 spiro atoms. The zero-order valence-electron chi connectivity index (χ0n) is 12.1. The normalized spacial score (nSPS) is 11.7. The lowest BCUT2D eigenvalue weighted by molar-refractivity contribution is 0.400. The van der Waals surface area contributed by atoms with Gasteiger partial charge in [-0.3, -0.25) is 0 Å². The van der Waals surface area contributed by atoms with Gasteiger partial charge in [-0.15, -0.1) is 0 Å². The highest BCUT2D eigenvalue weighted by Gasteiger charge is 2.17. The van der Waals surface area contributed by atoms with E-state index in [2.05, 4.69) is 65.8 Å². The van der Waals surface area contributed by atoms with E-state index in [0.29, 0.717) is 0 Å². The molecule has 1 N–H and O–H groups in total. The zero-order valence-corrected chi connectivity index (χ0v) is 13.7. The zero-order chi connectivity index (χ0) is 13.8. The van der Waals surface area contributed by atoms with E-state index in [0.717, 1.165) is 47.6 Å². The fraction of sp³-hybridized carbons (Fsp3) is 0.714. The summed E-state index contributed by atoms with van der Waals surface area (Å²) >= 11 is 3.60. The van der Waals surface area contributed by atoms with Crippen molar-refractivity contribution in [3.05, 3.63) is 16.0 Å². The summed E-state index contributed by atoms with van der Waals surface area (Å²) in [7, 11) is 0. The van der Waals surface area contributed by atoms with E-state index in [9.17, 15) is 0 Å². The molecule has 3 nitrogen and oxygen atoms in total. The highest BCUT2D eigenvalue weighted by atomic mass is 79.9. The number of rotatable bonds is 5. The summed E-state index contributed by atoms with van der Waals surface area (Å²) in [5.74, 6) is 1.86. The number of aryl methyl sites for hydroxylation is 1. The summed E-state index contributed by atoms with van der Waals surface area (Å²) in [4.78, 5) is 9.28. The van der Waals surface area contributed by atoms with Crippen LogP contribution in [0.2, 0.25) is 0 Å². The van der Waals surface area contributed by atoms with Crippen molar-refractivity contribution in [3.63, 3.8) is 0 Å². The minimum atomic E-state index is 0.209. The van der Waals surface area contributed by atoms with Gasteiger partial charge in [0.05, 0.1) is 10.2 Å². The van der Waals surface area contributed by atoms with Crippen molar-refractivity contribution in [1.82, 2.24) is 9.97 Å². The summed E-state index contributed by atoms with van der Waals surface area (Å²) in [6.45, 7) is 11.8. The van der Waals surface area contributed by atoms with E-state index < -0.39 is 0 Å². The fourth-order valence-corrected chi connectivity index (χ4v) is 2.29. The summed E-state index contributed by atoms with van der Waals surface area (Å²) < 4.78 is 1.01. The first kappa shape index (κ1) is 15.4. The molecule has 0 aromatic carbocycles. The van der Waals surface area contributed by atoms with Gasteiger partial charge in [0.25, 0.3) is 0 Å². The Kier molecular flexibility index (Phi) is 5.57. The van der Waals surface area contributed by atoms with Crippen molar-refractivity contribution >= 4 is 21.7 Å². The third-order valence-electron chi connectivity index (χ3n) is 2.53. The van der Waals surface area contributed by atoms with Gasteiger partial charge >= 0.3 is 0 Å². The first-order chi connectivity index (χ1) is 8.37. The van der Waals surface area contributed by atoms with Gasteiger partial charge in [0.15, 0.2) is 0 Å². The first-order valence-corrected chi connectivity index (χ1v) is 7.45. The summed E-state index contributed by atoms with van der Waals surface area (Å²) in [6.07, 6.45) is 2.90. The van der Waals surface area contributed by atoms with Gasteiger partial charge in [-0.1, -0.05) is 34.6 Å². The molecule has 0 bridgehead atoms. The van der Waals surface area contributed by atoms with Crippen molar-refractivity contribution in [2.75, 3.05) is 11.9 Å². The number of aromatic nitrogens is 2. The van der Waals surface area contributed by atoms with Gasteiger partial charge in [-0.2, -0.15) is 0 Å². The predicted molar refractivity (Wildman–Crippen MR) is 81.0 cm³/mol. The molecular formula is C14H24BrN3. The summed E-state index contributed by atoms with van der Waals surface area (Å²) in [5, 5.41) is 3.37. The van der Waals surface area contributed by atoms with Gasteiger partial charge in [-0.05, 0) is 34.2 Å². The molecule has 0 aliphatic heterocycles. The fourth-order valence-electron chi connectivity index (χ4n) is 1.69. The van der Waals surface area contributed by atoms with Gasteiger partial charge in [-0.25, -0.2) is 9.97 Å². The molecule has 0 aliphatic rings. The van der Waals surface area contributed by atoms with E-state index in [1.807, 2.05) is 0 Å². The molecule has 1 aromatic rings. The highest BCUT2D eigenvalue weighted by molar-refractivity contribution is 9.10. The number of hydrogen-bond acceptors (Lipinski definition) is 3. The second kappa shape index (κ2) is 6.50. The quantitative estimate of drug-likeness (QED) is 0.884. The summed E-state index contributed by atoms with van der Waals surface area (Å²) in [6, 6.07) is 0. The third-order valence-corrected chi connectivity index (χ3v) is 3.37. The van der Waals surface area contributed by atoms with Crippen molar-refractivity contribution < 1.29 is 0 Å². The lowest BCUT2D eigenvalue weighted by Crippen LogP contribution is -2.15. The Hall–Kier alpha value is -0.640. The van der Waals surface area contributed by atoms with Gasteiger partial charge in [0, 0.05) is 13.0 Å². The lowest BCUT2D eigenvalue weighted by atomic mass is 9.92. The van der Waals surface area contributed by atoms with E-state index in [4.69, 9.17) is 0 Å². The predicted octanol–water partition coefficient (Wildman–Crippen LogP) is 4.21. The standard InChI is InChI=1S/C14H24BrN3/c1-6-8-16-13-12(15)10(7-2)17-11(18-13)9-14(3,4)5/h6-9H2,1-5H3,(H,16,17,18). The van der Waals surface area contributed by atoms with Gasteiger partial charge < -0.3 is 5.32 Å². The Labute approximate surface area is 119 Å². The van der Waals surface area contributed by atoms with Crippen molar-refractivity contribution in [1.29, 1.82) is 0 Å². The van der Waals surface area contributed by atoms with Crippen molar-refractivity contribution in [2.45, 2.75) is 53.9 Å². The van der Waals surface area contributed by atoms with Crippen LogP contribution in [0.15, 0.2) is 4.47 Å². The van der Waals surface area contributed by atoms with Crippen LogP contribution in [0.1, 0.15) is 52.6 Å². The second-order valence-electron chi connectivity index (χ2n) is 5.77. The molecular weight excluding hydrogens is 290 g/mol. The molecule has 0 aliphatic carbocycles. The summed E-state index contributed by atoms with van der Waals surface area (Å²) in [5.41, 5.74) is 1.30. The average molecular weight is 314 g/mol. The number of nitrogens with one attached hydrogen (secondary N) is 1. The Balaban J connectivity index is 3.05. The van der Waals surface area contributed by atoms with Crippen LogP contribution in [0.5, 0.6) is 0 Å². The molecule has 4 heteroatoms. The van der Waals surface area contributed by atoms with Crippen molar-refractivity contribution in [2.24, 2.45) is 5.41 Å². The molecule has 0 unspecified atom stereocenters. The molecule has 102 valence electrons. The molecule has 0 saturated carbocycles. The number of nitrogens with zero attached hydrogens (tertiary/aromatic N) is 2. The maximum atomic E-state index is 4.65. The van der Waals surface area contributed by atoms with Crippen molar-refractivity contribution in [3.8, 4) is 0 Å². The first-order valence-electron chi connectivity index (χ1n) is 6.66. The largest absolute Gasteiger partial charge is 0.369 e. The van der Waals surface area contributed by atoms with Crippen LogP contribution in [0.3, 0.4) is 0 Å². The van der Waals surface area contributed by atoms with E-state index in [1.165, 1.54) is 0 Å². The number of halogens is 1. The molecule has 1 aromatic heterocycles. The minimum absolute atomic E-state index is 0.209. The third kappa shape index (κ3) is 4.56. The Morgan fingerprint density at radius 2 is 1.83 bits per heavy atom. The monoisotopic (exact) mass is 313 g/mol. The van der Waals surface area contributed by atoms with Crippen LogP contribution in [0.25, 0.3) is 0 Å². The average Bonchev–Trinajstić information content (AvgIpc) is 2.27. The molecule has 0 saturated heterocycles. The molecule has 0 fully saturated rings. The van der Waals surface area contributed by atoms with Gasteiger partial charge in [0.1, 0.15) is 11.6 Å². The minimum Gasteiger partial charge on any atom is -0.369 e. The van der Waals surface area contributed by atoms with Crippen LogP contribution in [0, 0.1) is 5.41 Å². The smallest absolute Gasteiger partial charge is 0.144 e. The molecule has 18 heavy (non-hydrogen) atoms. The van der Waals surface area contributed by atoms with E-state index >= 15 is 0 Å². The van der Waals surface area contributed by atoms with E-state index in [1.54, 1.807) is 0 Å². The molecule has 0 radical (unpaired) electrons. The van der Waals surface area contributed by atoms with Crippen LogP contribution >= 0.6 is 15.9 Å². The Bertz CT molecular complexity index is 397. The molecule has 1 heterocycles. The van der Waals surface area contributed by atoms with Crippen LogP contribution < -0.4 is 5.32 Å². The number of anilines is 1. The Morgan fingerprint density at radius 1 is 1.17 bits per heavy atom. The van der Waals surface area contributed by atoms with Crippen LogP contribution in [-0.4, -0.2) is 16.5 Å². The Morgan fingerprint density at radius 3 is 2.33 bits per heavy atom. The SMILES string of the molecule is CCCNc1nc(CC(C)(C)C)nc(CC)c1Br. The topological polar surface area (TPSA) is 37.8 Å². The maximum absolute atomic E-state index is 4.65. The highest BCUT2D eigenvalue weighted by Crippen LogP contribution is 2.26. The maximum Gasteiger partial charge on any atom is 0.144 e. The van der Waals surface area contributed by atoms with E-state index in [-0.39, 0.29) is 5.41 Å². The second-order valence-corrected chi connectivity index (χ2v) is 6.56. The van der Waals surface area contributed by atoms with Gasteiger partial charge in [0.2, 0.25) is 0 Å². The van der Waals surface area contributed by atoms with Crippen LogP contribution in [0.4, 0.5) is 5.82 Å². The van der Waals surface area contributed by atoms with Crippen LogP contribution in [-0.2, 0) is 12.8 Å². The number of hydrogen-bond donors (Lipinski definition) is 1.